The normalized spacial score (nSPS) is 30.5. The summed E-state index contributed by atoms with van der Waals surface area (Å²) in [5.74, 6) is 1.05. The molecule has 128 valence electrons. The van der Waals surface area contributed by atoms with Gasteiger partial charge in [0, 0.05) is 31.4 Å². The zero-order valence-electron chi connectivity index (χ0n) is 13.4. The van der Waals surface area contributed by atoms with Crippen molar-refractivity contribution in [2.45, 2.75) is 51.2 Å². The molecule has 5 nitrogen and oxygen atoms in total. The molecule has 2 aliphatic carbocycles. The molecule has 1 aromatic rings. The van der Waals surface area contributed by atoms with Crippen LogP contribution in [0.5, 0.6) is 0 Å². The van der Waals surface area contributed by atoms with Crippen molar-refractivity contribution in [2.24, 2.45) is 23.5 Å². The van der Waals surface area contributed by atoms with E-state index < -0.39 is 6.55 Å². The van der Waals surface area contributed by atoms with E-state index in [1.54, 1.807) is 7.05 Å². The van der Waals surface area contributed by atoms with Crippen LogP contribution < -0.4 is 5.73 Å². The Kier molecular flexibility index (Phi) is 4.66. The fraction of sp³-hybridized carbons (Fsp3) is 0.750. The molecule has 2 unspecified atom stereocenters. The third-order valence-electron chi connectivity index (χ3n) is 5.48. The minimum atomic E-state index is -2.64. The molecular formula is C16H24F2N4O. The van der Waals surface area contributed by atoms with Crippen LogP contribution >= 0.6 is 0 Å². The molecule has 2 bridgehead atoms. The first kappa shape index (κ1) is 16.4. The molecule has 23 heavy (non-hydrogen) atoms. The second-order valence-corrected chi connectivity index (χ2v) is 6.92. The molecule has 0 aliphatic heterocycles. The summed E-state index contributed by atoms with van der Waals surface area (Å²) in [6.45, 7) is -2.53. The topological polar surface area (TPSA) is 64.2 Å². The summed E-state index contributed by atoms with van der Waals surface area (Å²) in [6, 6.07) is 0.218. The first-order valence-electron chi connectivity index (χ1n) is 8.27. The highest BCUT2D eigenvalue weighted by Gasteiger charge is 2.41. The number of fused-ring (bicyclic) bond motifs is 2. The molecule has 2 saturated carbocycles. The van der Waals surface area contributed by atoms with Gasteiger partial charge in [-0.25, -0.2) is 4.98 Å². The fourth-order valence-corrected chi connectivity index (χ4v) is 4.24. The number of rotatable bonds is 4. The summed E-state index contributed by atoms with van der Waals surface area (Å²) in [5.41, 5.74) is 6.26. The van der Waals surface area contributed by atoms with Crippen molar-refractivity contribution in [1.82, 2.24) is 14.5 Å². The maximum Gasteiger partial charge on any atom is 0.319 e. The lowest BCUT2D eigenvalue weighted by Crippen LogP contribution is -2.49. The Balaban J connectivity index is 1.65. The lowest BCUT2D eigenvalue weighted by Gasteiger charge is -2.44. The number of hydrogen-bond acceptors (Lipinski definition) is 3. The Morgan fingerprint density at radius 3 is 2.70 bits per heavy atom. The molecule has 7 heteroatoms. The molecule has 2 aliphatic rings. The number of aromatic nitrogens is 2. The molecule has 1 amide bonds. The predicted octanol–water partition coefficient (Wildman–Crippen LogP) is 2.39. The van der Waals surface area contributed by atoms with Gasteiger partial charge in [0.15, 0.2) is 0 Å². The molecule has 1 heterocycles. The standard InChI is InChI=1S/C16H24F2N4O/c1-21(9-13-20-5-6-22(13)16(17)18)15(23)12-7-10-3-2-4-11(8-12)14(10)19/h5-6,10-12,14,16H,2-4,7-9,19H2,1H3. The predicted molar refractivity (Wildman–Crippen MR) is 81.5 cm³/mol. The summed E-state index contributed by atoms with van der Waals surface area (Å²) < 4.78 is 26.5. The zero-order chi connectivity index (χ0) is 16.6. The number of nitrogens with two attached hydrogens (primary N) is 1. The largest absolute Gasteiger partial charge is 0.338 e. The van der Waals surface area contributed by atoms with Crippen molar-refractivity contribution in [3.05, 3.63) is 18.2 Å². The number of carbonyl (C=O) groups excluding carboxylic acids is 1. The summed E-state index contributed by atoms with van der Waals surface area (Å²) in [6.07, 6.45) is 7.62. The van der Waals surface area contributed by atoms with E-state index in [2.05, 4.69) is 4.98 Å². The Labute approximate surface area is 134 Å². The average Bonchev–Trinajstić information content (AvgIpc) is 2.94. The molecule has 0 saturated heterocycles. The maximum atomic E-state index is 12.9. The second kappa shape index (κ2) is 6.55. The fourth-order valence-electron chi connectivity index (χ4n) is 4.24. The van der Waals surface area contributed by atoms with Crippen LogP contribution in [-0.4, -0.2) is 33.4 Å². The van der Waals surface area contributed by atoms with Crippen LogP contribution in [0.25, 0.3) is 0 Å². The number of halogens is 2. The number of imidazole rings is 1. The van der Waals surface area contributed by atoms with Crippen molar-refractivity contribution < 1.29 is 13.6 Å². The number of carbonyl (C=O) groups is 1. The Bertz CT molecular complexity index is 548. The summed E-state index contributed by atoms with van der Waals surface area (Å²) in [4.78, 5) is 18.2. The molecule has 0 aromatic carbocycles. The van der Waals surface area contributed by atoms with E-state index in [-0.39, 0.29) is 30.2 Å². The smallest absolute Gasteiger partial charge is 0.319 e. The lowest BCUT2D eigenvalue weighted by atomic mass is 9.65. The van der Waals surface area contributed by atoms with Gasteiger partial charge in [0.05, 0.1) is 6.54 Å². The van der Waals surface area contributed by atoms with Gasteiger partial charge >= 0.3 is 6.55 Å². The lowest BCUT2D eigenvalue weighted by molar-refractivity contribution is -0.138. The summed E-state index contributed by atoms with van der Waals surface area (Å²) in [7, 11) is 1.66. The van der Waals surface area contributed by atoms with Crippen LogP contribution in [0.1, 0.15) is 44.5 Å². The van der Waals surface area contributed by atoms with E-state index in [1.165, 1.54) is 23.7 Å². The van der Waals surface area contributed by atoms with Crippen LogP contribution in [0.15, 0.2) is 12.4 Å². The summed E-state index contributed by atoms with van der Waals surface area (Å²) in [5, 5.41) is 0. The van der Waals surface area contributed by atoms with Gasteiger partial charge in [-0.15, -0.1) is 0 Å². The Hall–Kier alpha value is -1.50. The number of alkyl halides is 2. The van der Waals surface area contributed by atoms with Crippen LogP contribution in [0.3, 0.4) is 0 Å². The first-order valence-corrected chi connectivity index (χ1v) is 8.27. The maximum absolute atomic E-state index is 12.9. The van der Waals surface area contributed by atoms with Gasteiger partial charge in [0.1, 0.15) is 5.82 Å². The number of amides is 1. The highest BCUT2D eigenvalue weighted by Crippen LogP contribution is 2.42. The third-order valence-corrected chi connectivity index (χ3v) is 5.48. The van der Waals surface area contributed by atoms with Crippen molar-refractivity contribution in [1.29, 1.82) is 0 Å². The average molecular weight is 326 g/mol. The molecule has 2 atom stereocenters. The van der Waals surface area contributed by atoms with E-state index in [4.69, 9.17) is 5.73 Å². The molecule has 1 aromatic heterocycles. The highest BCUT2D eigenvalue weighted by molar-refractivity contribution is 5.78. The number of nitrogens with zero attached hydrogens (tertiary/aromatic N) is 3. The van der Waals surface area contributed by atoms with Gasteiger partial charge in [-0.2, -0.15) is 8.78 Å². The van der Waals surface area contributed by atoms with Gasteiger partial charge in [-0.1, -0.05) is 6.42 Å². The van der Waals surface area contributed by atoms with Gasteiger partial charge in [-0.05, 0) is 37.5 Å². The van der Waals surface area contributed by atoms with E-state index in [1.807, 2.05) is 0 Å². The SMILES string of the molecule is CN(Cc1nccn1C(F)F)C(=O)C1CC2CCCC(C1)C2N. The molecule has 0 radical (unpaired) electrons. The van der Waals surface area contributed by atoms with E-state index in [9.17, 15) is 13.6 Å². The summed E-state index contributed by atoms with van der Waals surface area (Å²) >= 11 is 0. The van der Waals surface area contributed by atoms with Crippen molar-refractivity contribution in [3.8, 4) is 0 Å². The van der Waals surface area contributed by atoms with Gasteiger partial charge < -0.3 is 10.6 Å². The molecule has 0 spiro atoms. The first-order chi connectivity index (χ1) is 11.0. The van der Waals surface area contributed by atoms with Crippen LogP contribution in [-0.2, 0) is 11.3 Å². The molecule has 2 N–H and O–H groups in total. The van der Waals surface area contributed by atoms with Gasteiger partial charge in [0.2, 0.25) is 5.91 Å². The van der Waals surface area contributed by atoms with E-state index >= 15 is 0 Å². The molecular weight excluding hydrogens is 302 g/mol. The Morgan fingerprint density at radius 1 is 1.43 bits per heavy atom. The minimum Gasteiger partial charge on any atom is -0.338 e. The van der Waals surface area contributed by atoms with E-state index in [0.717, 1.165) is 30.3 Å². The van der Waals surface area contributed by atoms with Crippen molar-refractivity contribution in [3.63, 3.8) is 0 Å². The quantitative estimate of drug-likeness (QED) is 0.924. The second-order valence-electron chi connectivity index (χ2n) is 6.92. The molecule has 2 fully saturated rings. The van der Waals surface area contributed by atoms with Crippen LogP contribution in [0, 0.1) is 17.8 Å². The molecule has 3 rings (SSSR count). The monoisotopic (exact) mass is 326 g/mol. The van der Waals surface area contributed by atoms with Crippen LogP contribution in [0.4, 0.5) is 8.78 Å². The zero-order valence-corrected chi connectivity index (χ0v) is 13.4. The van der Waals surface area contributed by atoms with Crippen molar-refractivity contribution >= 4 is 5.91 Å². The number of hydrogen-bond donors (Lipinski definition) is 1. The van der Waals surface area contributed by atoms with Crippen molar-refractivity contribution in [2.75, 3.05) is 7.05 Å². The minimum absolute atomic E-state index is 0.0256. The third kappa shape index (κ3) is 3.24. The van der Waals surface area contributed by atoms with Gasteiger partial charge in [-0.3, -0.25) is 9.36 Å². The van der Waals surface area contributed by atoms with Gasteiger partial charge in [0.25, 0.3) is 0 Å². The highest BCUT2D eigenvalue weighted by atomic mass is 19.3. The van der Waals surface area contributed by atoms with E-state index in [0.29, 0.717) is 11.8 Å². The Morgan fingerprint density at radius 2 is 2.09 bits per heavy atom. The van der Waals surface area contributed by atoms with Crippen LogP contribution in [0.2, 0.25) is 0 Å².